The van der Waals surface area contributed by atoms with Crippen molar-refractivity contribution in [3.8, 4) is 0 Å². The van der Waals surface area contributed by atoms with E-state index in [1.54, 1.807) is 0 Å². The van der Waals surface area contributed by atoms with Gasteiger partial charge in [-0.05, 0) is 52.9 Å². The van der Waals surface area contributed by atoms with Crippen molar-refractivity contribution in [2.24, 2.45) is 11.7 Å². The molecule has 0 bridgehead atoms. The molecule has 2 N–H and O–H groups in total. The number of halogens is 1. The van der Waals surface area contributed by atoms with Crippen LogP contribution < -0.4 is 10.6 Å². The lowest BCUT2D eigenvalue weighted by Gasteiger charge is -2.27. The molecule has 4 heteroatoms. The number of thiocarbonyl (C=S) groups is 1. The molecule has 0 heterocycles. The van der Waals surface area contributed by atoms with Crippen molar-refractivity contribution in [1.82, 2.24) is 0 Å². The van der Waals surface area contributed by atoms with Gasteiger partial charge in [-0.25, -0.2) is 0 Å². The largest absolute Gasteiger partial charge is 0.389 e. The first-order chi connectivity index (χ1) is 8.49. The van der Waals surface area contributed by atoms with Gasteiger partial charge in [0.2, 0.25) is 0 Å². The number of nitrogens with zero attached hydrogens (tertiary/aromatic N) is 1. The Kier molecular flexibility index (Phi) is 4.28. The van der Waals surface area contributed by atoms with Crippen molar-refractivity contribution in [3.05, 3.63) is 28.2 Å². The number of anilines is 1. The van der Waals surface area contributed by atoms with Gasteiger partial charge in [0.15, 0.2) is 0 Å². The van der Waals surface area contributed by atoms with Gasteiger partial charge in [0.05, 0.1) is 0 Å². The summed E-state index contributed by atoms with van der Waals surface area (Å²) in [5.41, 5.74) is 7.85. The molecule has 1 aromatic carbocycles. The second kappa shape index (κ2) is 5.57. The minimum atomic E-state index is 0.440. The van der Waals surface area contributed by atoms with Gasteiger partial charge < -0.3 is 10.6 Å². The zero-order valence-electron chi connectivity index (χ0n) is 10.8. The Morgan fingerprint density at radius 3 is 2.61 bits per heavy atom. The molecule has 1 saturated carbocycles. The third kappa shape index (κ3) is 3.23. The Hall–Kier alpha value is -0.610. The van der Waals surface area contributed by atoms with Gasteiger partial charge in [-0.1, -0.05) is 26.1 Å². The first kappa shape index (κ1) is 13.8. The molecule has 0 aliphatic heterocycles. The van der Waals surface area contributed by atoms with Gasteiger partial charge in [0.25, 0.3) is 0 Å². The summed E-state index contributed by atoms with van der Waals surface area (Å²) in [5, 5.41) is 0. The van der Waals surface area contributed by atoms with Crippen LogP contribution in [0.15, 0.2) is 22.7 Å². The molecule has 0 radical (unpaired) electrons. The first-order valence-electron chi connectivity index (χ1n) is 6.35. The molecule has 0 amide bonds. The number of nitrogens with two attached hydrogens (primary N) is 1. The third-order valence-corrected chi connectivity index (χ3v) is 3.98. The minimum Gasteiger partial charge on any atom is -0.389 e. The zero-order valence-corrected chi connectivity index (χ0v) is 13.2. The predicted octanol–water partition coefficient (Wildman–Crippen LogP) is 3.71. The van der Waals surface area contributed by atoms with Gasteiger partial charge in [-0.2, -0.15) is 0 Å². The average molecular weight is 327 g/mol. The molecule has 0 unspecified atom stereocenters. The normalized spacial score (nSPS) is 14.9. The van der Waals surface area contributed by atoms with Crippen LogP contribution in [0.25, 0.3) is 0 Å². The van der Waals surface area contributed by atoms with E-state index in [-0.39, 0.29) is 0 Å². The highest BCUT2D eigenvalue weighted by Crippen LogP contribution is 2.34. The third-order valence-electron chi connectivity index (χ3n) is 3.10. The van der Waals surface area contributed by atoms with Crippen molar-refractivity contribution < 1.29 is 0 Å². The van der Waals surface area contributed by atoms with Crippen LogP contribution in [0.5, 0.6) is 0 Å². The fraction of sp³-hybridized carbons (Fsp3) is 0.500. The van der Waals surface area contributed by atoms with E-state index in [0.717, 1.165) is 22.6 Å². The molecule has 1 aliphatic rings. The lowest BCUT2D eigenvalue weighted by Crippen LogP contribution is -2.29. The first-order valence-corrected chi connectivity index (χ1v) is 7.55. The lowest BCUT2D eigenvalue weighted by molar-refractivity contribution is 0.607. The van der Waals surface area contributed by atoms with E-state index in [4.69, 9.17) is 18.0 Å². The van der Waals surface area contributed by atoms with Gasteiger partial charge in [-0.3, -0.25) is 0 Å². The maximum absolute atomic E-state index is 5.68. The van der Waals surface area contributed by atoms with E-state index in [2.05, 4.69) is 46.8 Å². The Morgan fingerprint density at radius 2 is 2.17 bits per heavy atom. The summed E-state index contributed by atoms with van der Waals surface area (Å²) < 4.78 is 0.988. The summed E-state index contributed by atoms with van der Waals surface area (Å²) in [6.07, 6.45) is 2.61. The van der Waals surface area contributed by atoms with Crippen LogP contribution in [-0.2, 0) is 0 Å². The number of hydrogen-bond donors (Lipinski definition) is 1. The van der Waals surface area contributed by atoms with Crippen LogP contribution in [-0.4, -0.2) is 17.6 Å². The minimum absolute atomic E-state index is 0.440. The van der Waals surface area contributed by atoms with Gasteiger partial charge >= 0.3 is 0 Å². The molecule has 1 fully saturated rings. The molecule has 0 spiro atoms. The Balaban J connectivity index is 2.25. The van der Waals surface area contributed by atoms with Crippen LogP contribution in [0.4, 0.5) is 5.69 Å². The zero-order chi connectivity index (χ0) is 13.3. The highest BCUT2D eigenvalue weighted by atomic mass is 79.9. The van der Waals surface area contributed by atoms with Crippen LogP contribution in [0.2, 0.25) is 0 Å². The van der Waals surface area contributed by atoms with Gasteiger partial charge in [0, 0.05) is 28.3 Å². The maximum Gasteiger partial charge on any atom is 0.105 e. The Morgan fingerprint density at radius 1 is 1.50 bits per heavy atom. The SMILES string of the molecule is CC(C)CN(c1ccc(C(N)=S)c(Br)c1)C1CC1. The number of benzene rings is 1. The summed E-state index contributed by atoms with van der Waals surface area (Å²) in [6, 6.07) is 6.99. The molecular formula is C14H19BrN2S. The predicted molar refractivity (Wildman–Crippen MR) is 85.2 cm³/mol. The fourth-order valence-corrected chi connectivity index (χ4v) is 3.02. The number of rotatable bonds is 5. The highest BCUT2D eigenvalue weighted by molar-refractivity contribution is 9.10. The van der Waals surface area contributed by atoms with Gasteiger partial charge in [-0.15, -0.1) is 0 Å². The summed E-state index contributed by atoms with van der Waals surface area (Å²) in [5.74, 6) is 0.666. The molecule has 0 atom stereocenters. The maximum atomic E-state index is 5.68. The molecular weight excluding hydrogens is 308 g/mol. The molecule has 1 aromatic rings. The summed E-state index contributed by atoms with van der Waals surface area (Å²) in [7, 11) is 0. The van der Waals surface area contributed by atoms with Crippen molar-refractivity contribution in [3.63, 3.8) is 0 Å². The van der Waals surface area contributed by atoms with Crippen LogP contribution >= 0.6 is 28.1 Å². The highest BCUT2D eigenvalue weighted by Gasteiger charge is 2.29. The average Bonchev–Trinajstić information content (AvgIpc) is 3.08. The van der Waals surface area contributed by atoms with Crippen LogP contribution in [0.3, 0.4) is 0 Å². The fourth-order valence-electron chi connectivity index (χ4n) is 2.13. The molecule has 2 nitrogen and oxygen atoms in total. The Labute approximate surface area is 123 Å². The van der Waals surface area contributed by atoms with Crippen LogP contribution in [0, 0.1) is 5.92 Å². The lowest BCUT2D eigenvalue weighted by atomic mass is 10.1. The molecule has 18 heavy (non-hydrogen) atoms. The van der Waals surface area contributed by atoms with Gasteiger partial charge in [0.1, 0.15) is 4.99 Å². The quantitative estimate of drug-likeness (QED) is 0.836. The standard InChI is InChI=1S/C14H19BrN2S/c1-9(2)8-17(10-3-4-10)11-5-6-12(14(16)18)13(15)7-11/h5-7,9-10H,3-4,8H2,1-2H3,(H2,16,18). The number of hydrogen-bond acceptors (Lipinski definition) is 2. The van der Waals surface area contributed by atoms with E-state index in [1.165, 1.54) is 18.5 Å². The summed E-state index contributed by atoms with van der Waals surface area (Å²) in [4.78, 5) is 2.94. The van der Waals surface area contributed by atoms with E-state index < -0.39 is 0 Å². The summed E-state index contributed by atoms with van der Waals surface area (Å²) >= 11 is 8.58. The molecule has 98 valence electrons. The molecule has 0 aromatic heterocycles. The van der Waals surface area contributed by atoms with E-state index >= 15 is 0 Å². The Bertz CT molecular complexity index is 455. The topological polar surface area (TPSA) is 29.3 Å². The van der Waals surface area contributed by atoms with Crippen molar-refractivity contribution in [2.75, 3.05) is 11.4 Å². The molecule has 0 saturated heterocycles. The van der Waals surface area contributed by atoms with Crippen LogP contribution in [0.1, 0.15) is 32.3 Å². The monoisotopic (exact) mass is 326 g/mol. The second-order valence-corrected chi connectivity index (χ2v) is 6.60. The second-order valence-electron chi connectivity index (χ2n) is 5.31. The smallest absolute Gasteiger partial charge is 0.105 e. The van der Waals surface area contributed by atoms with Crippen molar-refractivity contribution >= 4 is 38.8 Å². The van der Waals surface area contributed by atoms with E-state index in [0.29, 0.717) is 10.9 Å². The molecule has 1 aliphatic carbocycles. The van der Waals surface area contributed by atoms with Crippen molar-refractivity contribution in [2.45, 2.75) is 32.7 Å². The summed E-state index contributed by atoms with van der Waals surface area (Å²) in [6.45, 7) is 5.62. The van der Waals surface area contributed by atoms with Crippen molar-refractivity contribution in [1.29, 1.82) is 0 Å². The van der Waals surface area contributed by atoms with E-state index in [1.807, 2.05) is 6.07 Å². The van der Waals surface area contributed by atoms with E-state index in [9.17, 15) is 0 Å². The molecule has 2 rings (SSSR count).